The molecule has 1 aliphatic heterocycles. The lowest BCUT2D eigenvalue weighted by Gasteiger charge is -2.37. The number of fused-ring (bicyclic) bond motifs is 3. The van der Waals surface area contributed by atoms with E-state index in [-0.39, 0.29) is 6.04 Å². The molecule has 2 aromatic heterocycles. The van der Waals surface area contributed by atoms with Gasteiger partial charge in [-0.05, 0) is 94.8 Å². The van der Waals surface area contributed by atoms with Crippen molar-refractivity contribution in [3.8, 4) is 61.6 Å². The molecular weight excluding hydrogens is 679 g/mol. The summed E-state index contributed by atoms with van der Waals surface area (Å²) in [5, 5.41) is 1.35. The molecule has 0 aliphatic carbocycles. The van der Waals surface area contributed by atoms with E-state index in [0.29, 0.717) is 0 Å². The van der Waals surface area contributed by atoms with E-state index in [0.717, 1.165) is 46.6 Å². The van der Waals surface area contributed by atoms with Gasteiger partial charge in [-0.1, -0.05) is 158 Å². The van der Waals surface area contributed by atoms with Crippen molar-refractivity contribution in [3.63, 3.8) is 0 Å². The van der Waals surface area contributed by atoms with Crippen molar-refractivity contribution in [3.05, 3.63) is 211 Å². The summed E-state index contributed by atoms with van der Waals surface area (Å²) in [6, 6.07) is 72.2. The van der Waals surface area contributed by atoms with Crippen LogP contribution in [0.2, 0.25) is 0 Å². The molecule has 3 heterocycles. The Labute approximate surface area is 328 Å². The van der Waals surface area contributed by atoms with Crippen molar-refractivity contribution in [1.82, 2.24) is 9.55 Å². The van der Waals surface area contributed by atoms with Gasteiger partial charge in [0.2, 0.25) is 0 Å². The van der Waals surface area contributed by atoms with Crippen molar-refractivity contribution < 1.29 is 0 Å². The number of rotatable bonds is 7. The minimum Gasteiger partial charge on any atom is -0.363 e. The fourth-order valence-corrected chi connectivity index (χ4v) is 8.58. The second-order valence-electron chi connectivity index (χ2n) is 14.7. The quantitative estimate of drug-likeness (QED) is 0.164. The number of hydrogen-bond donors (Lipinski definition) is 0. The zero-order valence-corrected chi connectivity index (χ0v) is 31.4. The molecule has 1 atom stereocenters. The molecule has 268 valence electrons. The molecule has 1 aliphatic rings. The average molecular weight is 720 g/mol. The van der Waals surface area contributed by atoms with E-state index in [1.807, 2.05) is 0 Å². The monoisotopic (exact) mass is 719 g/mol. The maximum atomic E-state index is 5.28. The van der Waals surface area contributed by atoms with Gasteiger partial charge in [0.05, 0.1) is 22.9 Å². The zero-order valence-electron chi connectivity index (χ0n) is 31.4. The Morgan fingerprint density at radius 2 is 0.875 bits per heavy atom. The van der Waals surface area contributed by atoms with Crippen molar-refractivity contribution in [2.75, 3.05) is 11.4 Å². The van der Waals surface area contributed by atoms with Crippen LogP contribution in [0.4, 0.5) is 5.69 Å². The molecule has 9 aromatic rings. The van der Waals surface area contributed by atoms with Crippen LogP contribution in [0.25, 0.3) is 72.5 Å². The fraction of sp³-hybridized carbons (Fsp3) is 0.0755. The molecule has 3 heteroatoms. The van der Waals surface area contributed by atoms with Gasteiger partial charge in [0.25, 0.3) is 0 Å². The van der Waals surface area contributed by atoms with Crippen LogP contribution in [0, 0.1) is 0 Å². The van der Waals surface area contributed by atoms with Gasteiger partial charge in [-0.2, -0.15) is 0 Å². The second-order valence-corrected chi connectivity index (χ2v) is 14.7. The zero-order chi connectivity index (χ0) is 37.4. The largest absolute Gasteiger partial charge is 0.363 e. The molecular formula is C53H41N3. The molecule has 10 rings (SSSR count). The summed E-state index contributed by atoms with van der Waals surface area (Å²) in [6.45, 7) is 3.36. The molecule has 0 fully saturated rings. The number of aromatic nitrogens is 2. The summed E-state index contributed by atoms with van der Waals surface area (Å²) < 4.78 is 2.50. The smallest absolute Gasteiger partial charge is 0.0715 e. The molecule has 3 nitrogen and oxygen atoms in total. The maximum Gasteiger partial charge on any atom is 0.0715 e. The van der Waals surface area contributed by atoms with Gasteiger partial charge in [0, 0.05) is 40.1 Å². The Hall–Kier alpha value is -6.97. The minimum absolute atomic E-state index is 0.222. The first-order valence-corrected chi connectivity index (χ1v) is 19.6. The predicted octanol–water partition coefficient (Wildman–Crippen LogP) is 13.5. The van der Waals surface area contributed by atoms with Crippen molar-refractivity contribution >= 4 is 16.6 Å². The molecule has 1 unspecified atom stereocenters. The fourth-order valence-electron chi connectivity index (χ4n) is 8.58. The van der Waals surface area contributed by atoms with E-state index in [4.69, 9.17) is 4.98 Å². The van der Waals surface area contributed by atoms with Gasteiger partial charge in [0.15, 0.2) is 0 Å². The summed E-state index contributed by atoms with van der Waals surface area (Å²) in [7, 11) is 0. The molecule has 0 radical (unpaired) electrons. The maximum absolute atomic E-state index is 5.28. The summed E-state index contributed by atoms with van der Waals surface area (Å²) in [5.74, 6) is 0. The average Bonchev–Trinajstić information content (AvgIpc) is 3.63. The first kappa shape index (κ1) is 33.6. The molecule has 0 N–H and O–H groups in total. The van der Waals surface area contributed by atoms with E-state index >= 15 is 0 Å². The highest BCUT2D eigenvalue weighted by atomic mass is 15.2. The second kappa shape index (κ2) is 14.4. The number of benzene rings is 7. The van der Waals surface area contributed by atoms with Gasteiger partial charge in [-0.25, -0.2) is 4.98 Å². The Balaban J connectivity index is 1.05. The lowest BCUT2D eigenvalue weighted by atomic mass is 9.97. The molecule has 7 aromatic carbocycles. The first-order chi connectivity index (χ1) is 27.7. The standard InChI is InChI=1S/C53H41N3/c1-37-53-49(33-34-55(37)46-17-9-4-10-18-46)48-19-11-12-20-52(48)56(53)47-31-29-42(30-32-47)45-35-50(43-25-21-40(22-26-43)38-13-5-2-6-14-38)54-51(36-45)44-27-23-41(24-28-44)39-15-7-3-8-16-39/h2-32,35-37H,33-34H2,1H3. The lowest BCUT2D eigenvalue weighted by molar-refractivity contribution is 0.602. The Morgan fingerprint density at radius 1 is 0.429 bits per heavy atom. The third-order valence-corrected chi connectivity index (χ3v) is 11.4. The van der Waals surface area contributed by atoms with Crippen LogP contribution in [0.5, 0.6) is 0 Å². The van der Waals surface area contributed by atoms with E-state index in [9.17, 15) is 0 Å². The highest BCUT2D eigenvalue weighted by Gasteiger charge is 2.30. The van der Waals surface area contributed by atoms with Gasteiger partial charge >= 0.3 is 0 Å². The number of pyridine rings is 1. The topological polar surface area (TPSA) is 21.1 Å². The summed E-state index contributed by atoms with van der Waals surface area (Å²) >= 11 is 0. The van der Waals surface area contributed by atoms with Crippen molar-refractivity contribution in [2.24, 2.45) is 0 Å². The van der Waals surface area contributed by atoms with Crippen LogP contribution in [0.3, 0.4) is 0 Å². The van der Waals surface area contributed by atoms with E-state index in [1.54, 1.807) is 0 Å². The summed E-state index contributed by atoms with van der Waals surface area (Å²) in [4.78, 5) is 7.82. The number of para-hydroxylation sites is 2. The highest BCUT2D eigenvalue weighted by molar-refractivity contribution is 5.89. The third kappa shape index (κ3) is 6.18. The third-order valence-electron chi connectivity index (χ3n) is 11.4. The Kier molecular flexibility index (Phi) is 8.61. The van der Waals surface area contributed by atoms with E-state index < -0.39 is 0 Å². The van der Waals surface area contributed by atoms with Crippen molar-refractivity contribution in [2.45, 2.75) is 19.4 Å². The normalized spacial score (nSPS) is 13.8. The summed E-state index contributed by atoms with van der Waals surface area (Å²) in [6.07, 6.45) is 1.02. The molecule has 0 saturated carbocycles. The van der Waals surface area contributed by atoms with Crippen LogP contribution in [0.1, 0.15) is 24.2 Å². The molecule has 0 saturated heterocycles. The van der Waals surface area contributed by atoms with E-state index in [2.05, 4.69) is 217 Å². The number of anilines is 1. The van der Waals surface area contributed by atoms with Crippen LogP contribution >= 0.6 is 0 Å². The van der Waals surface area contributed by atoms with Gasteiger partial charge < -0.3 is 9.47 Å². The Bertz CT molecular complexity index is 2670. The van der Waals surface area contributed by atoms with Gasteiger partial charge in [0.1, 0.15) is 0 Å². The highest BCUT2D eigenvalue weighted by Crippen LogP contribution is 2.41. The van der Waals surface area contributed by atoms with Crippen LogP contribution < -0.4 is 4.90 Å². The SMILES string of the molecule is CC1c2c(c3ccccc3n2-c2ccc(-c3cc(-c4ccc(-c5ccccc5)cc4)nc(-c4ccc(-c5ccccc5)cc4)c3)cc2)CCN1c1ccccc1. The molecule has 0 bridgehead atoms. The minimum atomic E-state index is 0.222. The van der Waals surface area contributed by atoms with Crippen LogP contribution in [0.15, 0.2) is 200 Å². The molecule has 0 amide bonds. The van der Waals surface area contributed by atoms with Crippen molar-refractivity contribution in [1.29, 1.82) is 0 Å². The lowest BCUT2D eigenvalue weighted by Crippen LogP contribution is -2.34. The summed E-state index contributed by atoms with van der Waals surface area (Å²) in [5.41, 5.74) is 17.7. The number of nitrogens with zero attached hydrogens (tertiary/aromatic N) is 3. The van der Waals surface area contributed by atoms with Gasteiger partial charge in [-0.3, -0.25) is 0 Å². The van der Waals surface area contributed by atoms with Gasteiger partial charge in [-0.15, -0.1) is 0 Å². The van der Waals surface area contributed by atoms with E-state index in [1.165, 1.54) is 55.8 Å². The predicted molar refractivity (Wildman–Crippen MR) is 234 cm³/mol. The Morgan fingerprint density at radius 3 is 1.45 bits per heavy atom. The number of hydrogen-bond acceptors (Lipinski definition) is 2. The molecule has 0 spiro atoms. The van der Waals surface area contributed by atoms with Crippen LogP contribution in [-0.2, 0) is 6.42 Å². The van der Waals surface area contributed by atoms with Crippen LogP contribution in [-0.4, -0.2) is 16.1 Å². The first-order valence-electron chi connectivity index (χ1n) is 19.6. The molecule has 56 heavy (non-hydrogen) atoms.